The van der Waals surface area contributed by atoms with Crippen molar-refractivity contribution < 1.29 is 4.74 Å². The zero-order chi connectivity index (χ0) is 19.1. The number of nitrogens with one attached hydrogen (secondary N) is 1. The largest absolute Gasteiger partial charge is 0.497 e. The van der Waals surface area contributed by atoms with E-state index < -0.39 is 8.24 Å². The first kappa shape index (κ1) is 19.1. The molecule has 0 radical (unpaired) electrons. The van der Waals surface area contributed by atoms with Crippen LogP contribution in [-0.2, 0) is 6.42 Å². The molecule has 1 aliphatic heterocycles. The average molecular weight is 369 g/mol. The van der Waals surface area contributed by atoms with Crippen molar-refractivity contribution in [2.45, 2.75) is 64.2 Å². The number of aromatic nitrogens is 1. The summed E-state index contributed by atoms with van der Waals surface area (Å²) in [7, 11) is -0.0512. The van der Waals surface area contributed by atoms with E-state index in [0.717, 1.165) is 31.6 Å². The van der Waals surface area contributed by atoms with E-state index in [1.54, 1.807) is 7.11 Å². The van der Waals surface area contributed by atoms with Crippen molar-refractivity contribution in [2.75, 3.05) is 13.7 Å². The summed E-state index contributed by atoms with van der Waals surface area (Å²) in [4.78, 5) is 0. The van der Waals surface area contributed by atoms with Gasteiger partial charge in [-0.1, -0.05) is 33.9 Å². The number of benzene rings is 1. The van der Waals surface area contributed by atoms with Gasteiger partial charge in [0.25, 0.3) is 0 Å². The molecule has 1 atom stereocenters. The third-order valence-electron chi connectivity index (χ3n) is 6.39. The van der Waals surface area contributed by atoms with Gasteiger partial charge in [0.2, 0.25) is 0 Å². The molecule has 1 N–H and O–H groups in total. The number of terminal acetylenes is 1. The summed E-state index contributed by atoms with van der Waals surface area (Å²) in [6.45, 7) is 13.1. The molecule has 4 heteroatoms. The van der Waals surface area contributed by atoms with Gasteiger partial charge in [0.05, 0.1) is 7.11 Å². The molecular formula is C22H32N2OSi. The maximum Gasteiger partial charge on any atom is 0.161 e. The highest BCUT2D eigenvalue weighted by molar-refractivity contribution is 6.79. The molecule has 1 aromatic carbocycles. The number of nitrogens with zero attached hydrogens (tertiary/aromatic N) is 1. The van der Waals surface area contributed by atoms with E-state index in [0.29, 0.717) is 6.04 Å². The predicted octanol–water partition coefficient (Wildman–Crippen LogP) is 5.10. The third kappa shape index (κ3) is 2.98. The van der Waals surface area contributed by atoms with Crippen LogP contribution < -0.4 is 10.1 Å². The molecule has 0 saturated carbocycles. The zero-order valence-electron chi connectivity index (χ0n) is 17.1. The van der Waals surface area contributed by atoms with Crippen LogP contribution in [0, 0.1) is 12.3 Å². The molecule has 2 aromatic rings. The number of hydrogen-bond donors (Lipinski definition) is 1. The normalized spacial score (nSPS) is 17.8. The molecule has 0 fully saturated rings. The summed E-state index contributed by atoms with van der Waals surface area (Å²) in [5.74, 6) is 3.76. The fourth-order valence-electron chi connectivity index (χ4n) is 3.98. The maximum atomic E-state index is 5.58. The summed E-state index contributed by atoms with van der Waals surface area (Å²) < 4.78 is 8.24. The molecule has 1 aromatic heterocycles. The van der Waals surface area contributed by atoms with Crippen LogP contribution in [0.25, 0.3) is 10.9 Å². The molecule has 0 amide bonds. The van der Waals surface area contributed by atoms with Gasteiger partial charge in [0, 0.05) is 29.1 Å². The van der Waals surface area contributed by atoms with Gasteiger partial charge >= 0.3 is 0 Å². The summed E-state index contributed by atoms with van der Waals surface area (Å²) in [5.41, 5.74) is 4.32. The number of ether oxygens (including phenoxy) is 1. The third-order valence-corrected chi connectivity index (χ3v) is 11.7. The molecule has 0 spiro atoms. The Morgan fingerprint density at radius 1 is 1.35 bits per heavy atom. The topological polar surface area (TPSA) is 26.2 Å². The number of hydrogen-bond acceptors (Lipinski definition) is 2. The fourth-order valence-corrected chi connectivity index (χ4v) is 6.34. The van der Waals surface area contributed by atoms with Crippen molar-refractivity contribution in [1.29, 1.82) is 0 Å². The summed E-state index contributed by atoms with van der Waals surface area (Å²) in [6, 6.07) is 6.91. The van der Waals surface area contributed by atoms with Gasteiger partial charge < -0.3 is 14.3 Å². The zero-order valence-corrected chi connectivity index (χ0v) is 18.1. The van der Waals surface area contributed by atoms with Gasteiger partial charge in [0.15, 0.2) is 8.24 Å². The molecule has 3 rings (SSSR count). The molecule has 0 aliphatic carbocycles. The van der Waals surface area contributed by atoms with Gasteiger partial charge in [-0.3, -0.25) is 0 Å². The highest BCUT2D eigenvalue weighted by atomic mass is 28.3. The van der Waals surface area contributed by atoms with E-state index >= 15 is 0 Å². The molecule has 1 unspecified atom stereocenters. The van der Waals surface area contributed by atoms with Crippen LogP contribution >= 0.6 is 0 Å². The smallest absolute Gasteiger partial charge is 0.161 e. The van der Waals surface area contributed by atoms with Crippen LogP contribution in [0.15, 0.2) is 18.2 Å². The molecule has 0 bridgehead atoms. The lowest BCUT2D eigenvalue weighted by molar-refractivity contribution is 0.415. The van der Waals surface area contributed by atoms with E-state index in [2.05, 4.69) is 67.5 Å². The standard InChI is InChI=1S/C22H32N2OSi/c1-8-9-10-19-21-17(13-14-23-19)18-15-16(25-5)11-12-20(18)24(21)26(6,7)22(2,3)4/h1,11-12,15,19,23H,9-10,13-14H2,2-7H3. The minimum atomic E-state index is -1.80. The average Bonchev–Trinajstić information content (AvgIpc) is 2.93. The van der Waals surface area contributed by atoms with E-state index in [-0.39, 0.29) is 5.04 Å². The van der Waals surface area contributed by atoms with Gasteiger partial charge in [-0.2, -0.15) is 0 Å². The SMILES string of the molecule is C#CCCC1NCCc2c1n([Si](C)(C)C(C)(C)C)c1ccc(OC)cc21. The van der Waals surface area contributed by atoms with Crippen LogP contribution in [-0.4, -0.2) is 26.1 Å². The van der Waals surface area contributed by atoms with E-state index in [1.807, 2.05) is 0 Å². The van der Waals surface area contributed by atoms with Crippen molar-refractivity contribution in [3.63, 3.8) is 0 Å². The Labute approximate surface area is 159 Å². The van der Waals surface area contributed by atoms with Crippen LogP contribution in [0.2, 0.25) is 18.1 Å². The number of fused-ring (bicyclic) bond motifs is 3. The lowest BCUT2D eigenvalue weighted by atomic mass is 9.96. The van der Waals surface area contributed by atoms with E-state index in [4.69, 9.17) is 11.2 Å². The minimum Gasteiger partial charge on any atom is -0.497 e. The Hall–Kier alpha value is -1.70. The number of methoxy groups -OCH3 is 1. The summed E-state index contributed by atoms with van der Waals surface area (Å²) >= 11 is 0. The molecule has 3 nitrogen and oxygen atoms in total. The Kier molecular flexibility index (Phi) is 4.98. The molecule has 2 heterocycles. The highest BCUT2D eigenvalue weighted by Gasteiger charge is 2.42. The lowest BCUT2D eigenvalue weighted by Gasteiger charge is -2.42. The summed E-state index contributed by atoms with van der Waals surface area (Å²) in [6.07, 6.45) is 8.44. The van der Waals surface area contributed by atoms with Crippen molar-refractivity contribution >= 4 is 19.1 Å². The second-order valence-corrected chi connectivity index (χ2v) is 14.0. The molecule has 1 aliphatic rings. The van der Waals surface area contributed by atoms with Gasteiger partial charge in [-0.05, 0) is 48.2 Å². The predicted molar refractivity (Wildman–Crippen MR) is 114 cm³/mol. The monoisotopic (exact) mass is 368 g/mol. The Balaban J connectivity index is 2.33. The van der Waals surface area contributed by atoms with Crippen molar-refractivity contribution in [2.24, 2.45) is 0 Å². The Bertz CT molecular complexity index is 852. The van der Waals surface area contributed by atoms with Crippen LogP contribution in [0.1, 0.15) is 50.9 Å². The van der Waals surface area contributed by atoms with Crippen molar-refractivity contribution in [3.05, 3.63) is 29.5 Å². The van der Waals surface area contributed by atoms with E-state index in [1.165, 1.54) is 22.2 Å². The first-order valence-electron chi connectivity index (χ1n) is 9.61. The van der Waals surface area contributed by atoms with Crippen LogP contribution in [0.3, 0.4) is 0 Å². The van der Waals surface area contributed by atoms with Crippen molar-refractivity contribution in [1.82, 2.24) is 9.55 Å². The molecular weight excluding hydrogens is 336 g/mol. The first-order valence-corrected chi connectivity index (χ1v) is 12.6. The Morgan fingerprint density at radius 2 is 2.08 bits per heavy atom. The second kappa shape index (κ2) is 6.79. The van der Waals surface area contributed by atoms with Gasteiger partial charge in [-0.25, -0.2) is 0 Å². The quantitative estimate of drug-likeness (QED) is 0.600. The molecule has 0 saturated heterocycles. The first-order chi connectivity index (χ1) is 12.2. The lowest BCUT2D eigenvalue weighted by Crippen LogP contribution is -2.48. The highest BCUT2D eigenvalue weighted by Crippen LogP contribution is 2.45. The molecule has 26 heavy (non-hydrogen) atoms. The van der Waals surface area contributed by atoms with Gasteiger partial charge in [0.1, 0.15) is 5.75 Å². The Morgan fingerprint density at radius 3 is 2.69 bits per heavy atom. The van der Waals surface area contributed by atoms with E-state index in [9.17, 15) is 0 Å². The van der Waals surface area contributed by atoms with Crippen LogP contribution in [0.5, 0.6) is 5.75 Å². The summed E-state index contributed by atoms with van der Waals surface area (Å²) in [5, 5.41) is 5.35. The maximum absolute atomic E-state index is 5.58. The van der Waals surface area contributed by atoms with Gasteiger partial charge in [-0.15, -0.1) is 12.3 Å². The second-order valence-electron chi connectivity index (χ2n) is 8.89. The fraction of sp³-hybridized carbons (Fsp3) is 0.545. The van der Waals surface area contributed by atoms with Crippen LogP contribution in [0.4, 0.5) is 0 Å². The minimum absolute atomic E-state index is 0.251. The van der Waals surface area contributed by atoms with Crippen molar-refractivity contribution in [3.8, 4) is 18.1 Å². The molecule has 140 valence electrons. The number of rotatable bonds is 4.